The van der Waals surface area contributed by atoms with E-state index in [1.54, 1.807) is 4.57 Å². The minimum absolute atomic E-state index is 0.00352. The lowest BCUT2D eigenvalue weighted by Crippen LogP contribution is -2.25. The lowest BCUT2D eigenvalue weighted by Gasteiger charge is -2.17. The third kappa shape index (κ3) is 2.58. The molecule has 0 bridgehead atoms. The van der Waals surface area contributed by atoms with Gasteiger partial charge in [0.05, 0.1) is 5.69 Å². The first-order valence-corrected chi connectivity index (χ1v) is 7.32. The molecule has 1 N–H and O–H groups in total. The molecule has 21 heavy (non-hydrogen) atoms. The van der Waals surface area contributed by atoms with Crippen molar-refractivity contribution in [1.29, 1.82) is 0 Å². The van der Waals surface area contributed by atoms with E-state index in [2.05, 4.69) is 24.1 Å². The number of benzene rings is 1. The highest BCUT2D eigenvalue weighted by atomic mass is 19.1. The first-order valence-electron chi connectivity index (χ1n) is 7.32. The summed E-state index contributed by atoms with van der Waals surface area (Å²) >= 11 is 0. The Morgan fingerprint density at radius 3 is 2.67 bits per heavy atom. The van der Waals surface area contributed by atoms with E-state index in [1.165, 1.54) is 18.2 Å². The van der Waals surface area contributed by atoms with E-state index < -0.39 is 11.6 Å². The Hall–Kier alpha value is -1.75. The van der Waals surface area contributed by atoms with E-state index >= 15 is 0 Å². The van der Waals surface area contributed by atoms with Gasteiger partial charge in [0, 0.05) is 31.6 Å². The molecule has 2 aromatic rings. The van der Waals surface area contributed by atoms with E-state index in [0.717, 1.165) is 30.2 Å². The fraction of sp³-hybridized carbons (Fsp3) is 0.438. The van der Waals surface area contributed by atoms with E-state index in [-0.39, 0.29) is 5.69 Å². The number of imidazole rings is 1. The molecule has 3 rings (SSSR count). The van der Waals surface area contributed by atoms with Gasteiger partial charge in [0.1, 0.15) is 23.1 Å². The highest BCUT2D eigenvalue weighted by Gasteiger charge is 2.24. The summed E-state index contributed by atoms with van der Waals surface area (Å²) in [6.07, 6.45) is 1.43. The van der Waals surface area contributed by atoms with Crippen molar-refractivity contribution < 1.29 is 8.78 Å². The minimum Gasteiger partial charge on any atom is -0.311 e. The molecule has 1 aliphatic rings. The van der Waals surface area contributed by atoms with Crippen LogP contribution in [0.3, 0.4) is 0 Å². The molecular formula is C16H19F2N3. The molecule has 0 unspecified atom stereocenters. The summed E-state index contributed by atoms with van der Waals surface area (Å²) in [6, 6.07) is 3.98. The lowest BCUT2D eigenvalue weighted by atomic mass is 10.1. The molecule has 0 spiro atoms. The van der Waals surface area contributed by atoms with E-state index in [0.29, 0.717) is 18.9 Å². The van der Waals surface area contributed by atoms with Gasteiger partial charge in [-0.05, 0) is 18.1 Å². The van der Waals surface area contributed by atoms with Crippen molar-refractivity contribution in [3.05, 3.63) is 47.0 Å². The maximum Gasteiger partial charge on any atom is 0.150 e. The average molecular weight is 291 g/mol. The third-order valence-corrected chi connectivity index (χ3v) is 3.71. The number of para-hydroxylation sites is 1. The molecule has 112 valence electrons. The van der Waals surface area contributed by atoms with Crippen LogP contribution in [0.1, 0.15) is 31.1 Å². The van der Waals surface area contributed by atoms with Crippen LogP contribution < -0.4 is 5.32 Å². The molecule has 0 amide bonds. The topological polar surface area (TPSA) is 29.9 Å². The van der Waals surface area contributed by atoms with E-state index in [1.807, 2.05) is 0 Å². The zero-order valence-electron chi connectivity index (χ0n) is 12.3. The molecule has 0 aliphatic carbocycles. The predicted octanol–water partition coefficient (Wildman–Crippen LogP) is 2.99. The number of nitrogens with one attached hydrogen (secondary N) is 1. The Balaban J connectivity index is 2.22. The molecular weight excluding hydrogens is 272 g/mol. The molecule has 1 aromatic heterocycles. The van der Waals surface area contributed by atoms with Crippen molar-refractivity contribution in [3.63, 3.8) is 0 Å². The number of fused-ring (bicyclic) bond motifs is 1. The third-order valence-electron chi connectivity index (χ3n) is 3.71. The van der Waals surface area contributed by atoms with Crippen molar-refractivity contribution in [2.75, 3.05) is 6.54 Å². The SMILES string of the molecule is CC(C)Cc1nc2c(n1-c1c(F)cccc1F)CCNC2. The summed E-state index contributed by atoms with van der Waals surface area (Å²) in [5, 5.41) is 3.25. The summed E-state index contributed by atoms with van der Waals surface area (Å²) in [7, 11) is 0. The van der Waals surface area contributed by atoms with Crippen molar-refractivity contribution in [1.82, 2.24) is 14.9 Å². The number of hydrogen-bond donors (Lipinski definition) is 1. The van der Waals surface area contributed by atoms with Gasteiger partial charge in [-0.2, -0.15) is 0 Å². The lowest BCUT2D eigenvalue weighted by molar-refractivity contribution is 0.548. The standard InChI is InChI=1S/C16H19F2N3/c1-10(2)8-15-20-13-9-19-7-6-14(13)21(15)16-11(17)4-3-5-12(16)18/h3-5,10,19H,6-9H2,1-2H3. The van der Waals surface area contributed by atoms with Crippen molar-refractivity contribution in [3.8, 4) is 5.69 Å². The molecule has 5 heteroatoms. The zero-order valence-corrected chi connectivity index (χ0v) is 12.3. The second-order valence-electron chi connectivity index (χ2n) is 5.85. The van der Waals surface area contributed by atoms with Gasteiger partial charge in [-0.15, -0.1) is 0 Å². The van der Waals surface area contributed by atoms with Crippen molar-refractivity contribution >= 4 is 0 Å². The van der Waals surface area contributed by atoms with Gasteiger partial charge in [-0.1, -0.05) is 19.9 Å². The van der Waals surface area contributed by atoms with Crippen LogP contribution in [0, 0.1) is 17.6 Å². The fourth-order valence-electron chi connectivity index (χ4n) is 2.84. The van der Waals surface area contributed by atoms with Gasteiger partial charge in [-0.25, -0.2) is 13.8 Å². The Morgan fingerprint density at radius 1 is 1.29 bits per heavy atom. The van der Waals surface area contributed by atoms with Crippen LogP contribution in [0.25, 0.3) is 5.69 Å². The van der Waals surface area contributed by atoms with Crippen LogP contribution in [-0.2, 0) is 19.4 Å². The molecule has 3 nitrogen and oxygen atoms in total. The monoisotopic (exact) mass is 291 g/mol. The van der Waals surface area contributed by atoms with Crippen LogP contribution in [0.5, 0.6) is 0 Å². The van der Waals surface area contributed by atoms with E-state index in [4.69, 9.17) is 0 Å². The Kier molecular flexibility index (Phi) is 3.76. The molecule has 1 aliphatic heterocycles. The number of aromatic nitrogens is 2. The Labute approximate surface area is 123 Å². The molecule has 2 heterocycles. The Bertz CT molecular complexity index is 642. The number of nitrogens with zero attached hydrogens (tertiary/aromatic N) is 2. The summed E-state index contributed by atoms with van der Waals surface area (Å²) < 4.78 is 30.1. The van der Waals surface area contributed by atoms with Crippen LogP contribution in [0.2, 0.25) is 0 Å². The smallest absolute Gasteiger partial charge is 0.150 e. The van der Waals surface area contributed by atoms with Gasteiger partial charge in [-0.3, -0.25) is 4.57 Å². The second kappa shape index (κ2) is 5.56. The number of halogens is 2. The van der Waals surface area contributed by atoms with Gasteiger partial charge in [0.25, 0.3) is 0 Å². The van der Waals surface area contributed by atoms with Crippen LogP contribution >= 0.6 is 0 Å². The van der Waals surface area contributed by atoms with E-state index in [9.17, 15) is 8.78 Å². The molecule has 0 fully saturated rings. The van der Waals surface area contributed by atoms with Crippen molar-refractivity contribution in [2.24, 2.45) is 5.92 Å². The molecule has 0 saturated carbocycles. The van der Waals surface area contributed by atoms with Gasteiger partial charge >= 0.3 is 0 Å². The van der Waals surface area contributed by atoms with Crippen LogP contribution in [0.15, 0.2) is 18.2 Å². The summed E-state index contributed by atoms with van der Waals surface area (Å²) in [4.78, 5) is 4.62. The average Bonchev–Trinajstić information content (AvgIpc) is 2.76. The molecule has 0 atom stereocenters. The first kappa shape index (κ1) is 14.2. The predicted molar refractivity (Wildman–Crippen MR) is 77.4 cm³/mol. The number of hydrogen-bond acceptors (Lipinski definition) is 2. The maximum atomic E-state index is 14.2. The molecule has 0 radical (unpaired) electrons. The first-order chi connectivity index (χ1) is 10.1. The van der Waals surface area contributed by atoms with Gasteiger partial charge in [0.15, 0.2) is 0 Å². The highest BCUT2D eigenvalue weighted by Crippen LogP contribution is 2.26. The zero-order chi connectivity index (χ0) is 15.0. The van der Waals surface area contributed by atoms with Gasteiger partial charge in [0.2, 0.25) is 0 Å². The summed E-state index contributed by atoms with van der Waals surface area (Å²) in [5.74, 6) is 0.0237. The second-order valence-corrected chi connectivity index (χ2v) is 5.85. The quantitative estimate of drug-likeness (QED) is 0.942. The number of rotatable bonds is 3. The minimum atomic E-state index is -0.543. The summed E-state index contributed by atoms with van der Waals surface area (Å²) in [5.41, 5.74) is 1.83. The Morgan fingerprint density at radius 2 is 2.00 bits per heavy atom. The molecule has 0 saturated heterocycles. The maximum absolute atomic E-state index is 14.2. The van der Waals surface area contributed by atoms with Crippen molar-refractivity contribution in [2.45, 2.75) is 33.2 Å². The van der Waals surface area contributed by atoms with Gasteiger partial charge < -0.3 is 5.32 Å². The van der Waals surface area contributed by atoms with Crippen LogP contribution in [-0.4, -0.2) is 16.1 Å². The molecule has 1 aromatic carbocycles. The summed E-state index contributed by atoms with van der Waals surface area (Å²) in [6.45, 7) is 5.61. The largest absolute Gasteiger partial charge is 0.311 e. The fourth-order valence-corrected chi connectivity index (χ4v) is 2.84. The normalized spacial score (nSPS) is 14.5. The van der Waals surface area contributed by atoms with Crippen LogP contribution in [0.4, 0.5) is 8.78 Å². The highest BCUT2D eigenvalue weighted by molar-refractivity contribution is 5.41.